The van der Waals surface area contributed by atoms with E-state index in [9.17, 15) is 27.6 Å². The van der Waals surface area contributed by atoms with Gasteiger partial charge < -0.3 is 39.9 Å². The van der Waals surface area contributed by atoms with Gasteiger partial charge in [-0.1, -0.05) is 6.92 Å². The molecule has 0 spiro atoms. The molecule has 0 aliphatic carbocycles. The number of carbonyl (C=O) groups is 4. The van der Waals surface area contributed by atoms with E-state index in [1.54, 1.807) is 36.5 Å². The summed E-state index contributed by atoms with van der Waals surface area (Å²) < 4.78 is 33.8. The number of piperidine rings is 3. The lowest BCUT2D eigenvalue weighted by Gasteiger charge is -2.43. The third kappa shape index (κ3) is 10.2. The summed E-state index contributed by atoms with van der Waals surface area (Å²) in [5.74, 6) is 0.718. The Hall–Kier alpha value is -6.65. The van der Waals surface area contributed by atoms with Crippen molar-refractivity contribution < 1.29 is 32.3 Å². The molecule has 4 fully saturated rings. The van der Waals surface area contributed by atoms with Crippen molar-refractivity contribution in [3.8, 4) is 5.75 Å². The highest BCUT2D eigenvalue weighted by atomic mass is 79.9. The predicted molar refractivity (Wildman–Crippen MR) is 277 cm³/mol. The number of aromatic nitrogens is 4. The summed E-state index contributed by atoms with van der Waals surface area (Å²) in [6.45, 7) is 8.79. The van der Waals surface area contributed by atoms with Crippen LogP contribution in [0.25, 0.3) is 11.0 Å². The molecular weight excluding hydrogens is 1010 g/mol. The summed E-state index contributed by atoms with van der Waals surface area (Å²) in [7, 11) is -2.01. The molecule has 5 aliphatic heterocycles. The van der Waals surface area contributed by atoms with E-state index >= 15 is 0 Å². The van der Waals surface area contributed by atoms with Gasteiger partial charge in [-0.3, -0.25) is 39.2 Å². The van der Waals surface area contributed by atoms with E-state index in [0.717, 1.165) is 87.0 Å². The number of sulfonamides is 1. The van der Waals surface area contributed by atoms with Gasteiger partial charge in [-0.25, -0.2) is 13.4 Å². The molecular formula is C50H58BrN13O7S. The average Bonchev–Trinajstić information content (AvgIpc) is 3.71. The molecule has 22 heteroatoms. The van der Waals surface area contributed by atoms with Crippen molar-refractivity contribution in [2.75, 3.05) is 90.9 Å². The molecule has 0 bridgehead atoms. The first-order valence-electron chi connectivity index (χ1n) is 24.5. The first kappa shape index (κ1) is 49.0. The standard InChI is InChI=1S/C50H58BrN13O7S/c1-4-30-26-39(56-50-54-28-36(51)46(58-50)55-38-8-7-37-44(53-16-15-52-37)45(38)59-72(3,69)70)42(71-2)27-41(30)62-19-13-33(14-20-62)60-17-11-31(12-18-60)48(67)63-23-21-61(22-24-63)34-5-6-35-32(25-34)29-64(49(35)68)40-9-10-43(65)57-47(40)66/h5-8,15-16,25-28,31,33,40,59H,4,9-14,17-24,29H2,1-3H3,(H,57,65,66)(H2,54,55,56,58). The molecule has 10 rings (SSSR count). The Morgan fingerprint density at radius 2 is 1.62 bits per heavy atom. The summed E-state index contributed by atoms with van der Waals surface area (Å²) in [5.41, 5.74) is 7.07. The summed E-state index contributed by atoms with van der Waals surface area (Å²) in [6.07, 6.45) is 10.8. The Balaban J connectivity index is 0.715. The minimum absolute atomic E-state index is 0.0199. The number of nitrogens with one attached hydrogen (secondary N) is 4. The van der Waals surface area contributed by atoms with Crippen LogP contribution < -0.4 is 35.2 Å². The van der Waals surface area contributed by atoms with Crippen LogP contribution >= 0.6 is 15.9 Å². The maximum Gasteiger partial charge on any atom is 0.255 e. The van der Waals surface area contributed by atoms with Gasteiger partial charge in [0.05, 0.1) is 40.4 Å². The highest BCUT2D eigenvalue weighted by molar-refractivity contribution is 9.10. The van der Waals surface area contributed by atoms with Crippen molar-refractivity contribution in [1.29, 1.82) is 0 Å². The maximum absolute atomic E-state index is 13.9. The van der Waals surface area contributed by atoms with E-state index in [1.807, 2.05) is 23.1 Å². The molecule has 0 saturated carbocycles. The number of ether oxygens (including phenoxy) is 1. The lowest BCUT2D eigenvalue weighted by molar-refractivity contribution is -0.138. The van der Waals surface area contributed by atoms with Gasteiger partial charge in [0.25, 0.3) is 5.91 Å². The number of likely N-dealkylation sites (tertiary alicyclic amines) is 1. The second kappa shape index (κ2) is 20.5. The van der Waals surface area contributed by atoms with Crippen LogP contribution in [0.1, 0.15) is 66.9 Å². The molecule has 5 aliphatic rings. The topological polar surface area (TPSA) is 228 Å². The summed E-state index contributed by atoms with van der Waals surface area (Å²) >= 11 is 3.54. The van der Waals surface area contributed by atoms with Gasteiger partial charge in [0.2, 0.25) is 33.7 Å². The van der Waals surface area contributed by atoms with Gasteiger partial charge in [0, 0.05) is 106 Å². The fourth-order valence-electron chi connectivity index (χ4n) is 10.8. The van der Waals surface area contributed by atoms with Crippen LogP contribution in [0.3, 0.4) is 0 Å². The third-order valence-corrected chi connectivity index (χ3v) is 15.8. The zero-order valence-corrected chi connectivity index (χ0v) is 42.9. The number of methoxy groups -OCH3 is 1. The molecule has 378 valence electrons. The van der Waals surface area contributed by atoms with Gasteiger partial charge in [-0.05, 0) is 115 Å². The fraction of sp³-hybridized carbons (Fsp3) is 0.440. The first-order valence-corrected chi connectivity index (χ1v) is 27.2. The lowest BCUT2D eigenvalue weighted by Crippen LogP contribution is -2.53. The monoisotopic (exact) mass is 1060 g/mol. The number of benzene rings is 3. The van der Waals surface area contributed by atoms with Crippen molar-refractivity contribution >= 4 is 101 Å². The second-order valence-corrected chi connectivity index (χ2v) is 21.6. The van der Waals surface area contributed by atoms with Crippen LogP contribution in [-0.4, -0.2) is 144 Å². The Morgan fingerprint density at radius 1 is 0.861 bits per heavy atom. The molecule has 4 N–H and O–H groups in total. The first-order chi connectivity index (χ1) is 34.7. The van der Waals surface area contributed by atoms with Crippen LogP contribution in [0, 0.1) is 5.92 Å². The van der Waals surface area contributed by atoms with Crippen molar-refractivity contribution in [2.24, 2.45) is 5.92 Å². The van der Waals surface area contributed by atoms with Crippen LogP contribution in [0.15, 0.2) is 65.5 Å². The number of amides is 4. The van der Waals surface area contributed by atoms with Gasteiger partial charge in [0.15, 0.2) is 0 Å². The number of imide groups is 1. The van der Waals surface area contributed by atoms with E-state index in [4.69, 9.17) is 9.72 Å². The normalized spacial score (nSPS) is 19.4. The number of halogens is 1. The molecule has 7 heterocycles. The van der Waals surface area contributed by atoms with Crippen LogP contribution in [-0.2, 0) is 37.4 Å². The fourth-order valence-corrected chi connectivity index (χ4v) is 11.7. The largest absolute Gasteiger partial charge is 0.494 e. The SMILES string of the molecule is CCc1cc(Nc2ncc(Br)c(Nc3ccc4nccnc4c3NS(C)(=O)=O)n2)c(OC)cc1N1CCC(N2CCC(C(=O)N3CCN(c4ccc5c(c4)CN(C4CCC(=O)NC4=O)C5=O)CC3)CC2)CC1. The van der Waals surface area contributed by atoms with Crippen molar-refractivity contribution in [3.63, 3.8) is 0 Å². The van der Waals surface area contributed by atoms with Crippen molar-refractivity contribution in [1.82, 2.24) is 40.0 Å². The molecule has 72 heavy (non-hydrogen) atoms. The smallest absolute Gasteiger partial charge is 0.255 e. The van der Waals surface area contributed by atoms with Gasteiger partial charge in [-0.15, -0.1) is 0 Å². The maximum atomic E-state index is 13.9. The van der Waals surface area contributed by atoms with Gasteiger partial charge in [0.1, 0.15) is 23.1 Å². The summed E-state index contributed by atoms with van der Waals surface area (Å²) in [5, 5.41) is 8.96. The number of fused-ring (bicyclic) bond motifs is 2. The van der Waals surface area contributed by atoms with Crippen LogP contribution in [0.2, 0.25) is 0 Å². The number of nitrogens with zero attached hydrogens (tertiary/aromatic N) is 9. The number of carbonyl (C=O) groups excluding carboxylic acids is 4. The molecule has 1 atom stereocenters. The Labute approximate surface area is 426 Å². The number of hydrogen-bond donors (Lipinski definition) is 4. The van der Waals surface area contributed by atoms with E-state index in [-0.39, 0.29) is 35.7 Å². The molecule has 3 aromatic carbocycles. The summed E-state index contributed by atoms with van der Waals surface area (Å²) in [6, 6.07) is 13.3. The molecule has 5 aromatic rings. The van der Waals surface area contributed by atoms with E-state index < -0.39 is 22.0 Å². The molecule has 1 unspecified atom stereocenters. The number of anilines is 7. The van der Waals surface area contributed by atoms with Crippen LogP contribution in [0.4, 0.5) is 40.2 Å². The Kier molecular flexibility index (Phi) is 13.9. The van der Waals surface area contributed by atoms with Gasteiger partial charge >= 0.3 is 0 Å². The van der Waals surface area contributed by atoms with Crippen molar-refractivity contribution in [3.05, 3.63) is 82.2 Å². The minimum atomic E-state index is -3.66. The molecule has 2 aromatic heterocycles. The van der Waals surface area contributed by atoms with E-state index in [1.165, 1.54) is 6.20 Å². The quantitative estimate of drug-likeness (QED) is 0.108. The minimum Gasteiger partial charge on any atom is -0.494 e. The molecule has 4 amide bonds. The summed E-state index contributed by atoms with van der Waals surface area (Å²) in [4.78, 5) is 80.1. The number of hydrogen-bond acceptors (Lipinski definition) is 16. The molecule has 0 radical (unpaired) electrons. The van der Waals surface area contributed by atoms with Crippen molar-refractivity contribution in [2.45, 2.75) is 70.5 Å². The third-order valence-electron chi connectivity index (χ3n) is 14.6. The highest BCUT2D eigenvalue weighted by Crippen LogP contribution is 2.39. The Bertz CT molecular complexity index is 3050. The number of aryl methyl sites for hydroxylation is 1. The van der Waals surface area contributed by atoms with Crippen LogP contribution in [0.5, 0.6) is 5.75 Å². The zero-order valence-electron chi connectivity index (χ0n) is 40.5. The Morgan fingerprint density at radius 3 is 2.35 bits per heavy atom. The highest BCUT2D eigenvalue weighted by Gasteiger charge is 2.40. The number of piperazine rings is 1. The lowest BCUT2D eigenvalue weighted by atomic mass is 9.92. The van der Waals surface area contributed by atoms with E-state index in [2.05, 4.69) is 85.3 Å². The molecule has 4 saturated heterocycles. The molecule has 20 nitrogen and oxygen atoms in total. The average molecular weight is 1070 g/mol. The number of rotatable bonds is 13. The van der Waals surface area contributed by atoms with Gasteiger partial charge in [-0.2, -0.15) is 4.98 Å². The second-order valence-electron chi connectivity index (χ2n) is 19.0. The predicted octanol–water partition coefficient (Wildman–Crippen LogP) is 5.40. The van der Waals surface area contributed by atoms with E-state index in [0.29, 0.717) is 95.1 Å². The zero-order chi connectivity index (χ0) is 50.3.